The van der Waals surface area contributed by atoms with Crippen molar-refractivity contribution in [3.63, 3.8) is 0 Å². The number of carbonyl (C=O) groups excluding carboxylic acids is 1. The molecule has 1 fully saturated rings. The molecule has 2 aromatic heterocycles. The highest BCUT2D eigenvalue weighted by Gasteiger charge is 2.18. The number of rotatable bonds is 6. The van der Waals surface area contributed by atoms with E-state index >= 15 is 0 Å². The summed E-state index contributed by atoms with van der Waals surface area (Å²) < 4.78 is 1.81. The van der Waals surface area contributed by atoms with Gasteiger partial charge in [-0.1, -0.05) is 55.3 Å². The van der Waals surface area contributed by atoms with Gasteiger partial charge >= 0.3 is 0 Å². The normalized spacial score (nSPS) is 14.9. The largest absolute Gasteiger partial charge is 0.353 e. The number of hydrogen-bond acceptors (Lipinski definition) is 5. The van der Waals surface area contributed by atoms with Gasteiger partial charge in [0, 0.05) is 23.9 Å². The van der Waals surface area contributed by atoms with Gasteiger partial charge in [-0.2, -0.15) is 4.98 Å². The Bertz CT molecular complexity index is 1060. The van der Waals surface area contributed by atoms with Gasteiger partial charge < -0.3 is 5.32 Å². The van der Waals surface area contributed by atoms with E-state index in [4.69, 9.17) is 0 Å². The molecule has 1 aliphatic carbocycles. The molecule has 7 heteroatoms. The van der Waals surface area contributed by atoms with Crippen LogP contribution >= 0.6 is 11.8 Å². The fraction of sp³-hybridized carbons (Fsp3) is 0.478. The summed E-state index contributed by atoms with van der Waals surface area (Å²) in [5.41, 5.74) is 5.76. The first kappa shape index (κ1) is 20.8. The maximum Gasteiger partial charge on any atom is 0.253 e. The summed E-state index contributed by atoms with van der Waals surface area (Å²) >= 11 is 1.37. The number of aromatic nitrogens is 4. The van der Waals surface area contributed by atoms with Gasteiger partial charge in [0.1, 0.15) is 0 Å². The smallest absolute Gasteiger partial charge is 0.253 e. The van der Waals surface area contributed by atoms with Crippen molar-refractivity contribution in [1.29, 1.82) is 0 Å². The van der Waals surface area contributed by atoms with Gasteiger partial charge in [0.05, 0.1) is 5.75 Å². The van der Waals surface area contributed by atoms with E-state index in [2.05, 4.69) is 58.5 Å². The minimum absolute atomic E-state index is 0.0619. The molecule has 0 atom stereocenters. The van der Waals surface area contributed by atoms with Crippen molar-refractivity contribution < 1.29 is 4.79 Å². The van der Waals surface area contributed by atoms with Gasteiger partial charge in [-0.05, 0) is 50.3 Å². The van der Waals surface area contributed by atoms with E-state index in [1.807, 2.05) is 11.4 Å². The third-order valence-electron chi connectivity index (χ3n) is 5.96. The highest BCUT2D eigenvalue weighted by Crippen LogP contribution is 2.22. The number of fused-ring (bicyclic) bond motifs is 1. The molecule has 6 nitrogen and oxygen atoms in total. The lowest BCUT2D eigenvalue weighted by Gasteiger charge is -2.22. The van der Waals surface area contributed by atoms with Gasteiger partial charge in [0.15, 0.2) is 0 Å². The Morgan fingerprint density at radius 1 is 1.13 bits per heavy atom. The summed E-state index contributed by atoms with van der Waals surface area (Å²) in [6, 6.07) is 8.75. The Hall–Kier alpha value is -2.41. The maximum absolute atomic E-state index is 12.3. The van der Waals surface area contributed by atoms with E-state index in [-0.39, 0.29) is 5.91 Å². The van der Waals surface area contributed by atoms with Gasteiger partial charge in [-0.25, -0.2) is 9.50 Å². The molecule has 0 spiro atoms. The van der Waals surface area contributed by atoms with Gasteiger partial charge in [0.2, 0.25) is 11.1 Å². The molecular weight excluding hydrogens is 394 g/mol. The number of nitrogens with one attached hydrogen (secondary N) is 1. The molecule has 0 aliphatic heterocycles. The van der Waals surface area contributed by atoms with Crippen LogP contribution in [0.4, 0.5) is 0 Å². The number of aryl methyl sites for hydroxylation is 3. The van der Waals surface area contributed by atoms with Crippen LogP contribution in [-0.2, 0) is 11.2 Å². The molecule has 0 saturated heterocycles. The van der Waals surface area contributed by atoms with Crippen molar-refractivity contribution in [2.45, 2.75) is 70.5 Å². The Labute approximate surface area is 181 Å². The Balaban J connectivity index is 1.48. The van der Waals surface area contributed by atoms with Crippen LogP contribution < -0.4 is 5.32 Å². The Kier molecular flexibility index (Phi) is 6.37. The molecule has 2 heterocycles. The van der Waals surface area contributed by atoms with Crippen molar-refractivity contribution in [1.82, 2.24) is 24.9 Å². The first-order valence-electron chi connectivity index (χ1n) is 10.7. The number of amides is 1. The average molecular weight is 424 g/mol. The van der Waals surface area contributed by atoms with E-state index in [0.717, 1.165) is 30.7 Å². The van der Waals surface area contributed by atoms with Gasteiger partial charge in [0.25, 0.3) is 5.78 Å². The molecule has 1 N–H and O–H groups in total. The molecule has 4 rings (SSSR count). The first-order valence-corrected chi connectivity index (χ1v) is 11.7. The second-order valence-corrected chi connectivity index (χ2v) is 9.10. The monoisotopic (exact) mass is 423 g/mol. The standard InChI is InChI=1S/C23H29N5OS/c1-15-9-7-8-10-18(15)13-20-16(2)24-22-26-23(27-28(22)17(20)3)30-14-21(29)25-19-11-5-4-6-12-19/h7-10,19H,4-6,11-14H2,1-3H3,(H,25,29). The second kappa shape index (κ2) is 9.16. The summed E-state index contributed by atoms with van der Waals surface area (Å²) in [4.78, 5) is 21.5. The van der Waals surface area contributed by atoms with E-state index in [0.29, 0.717) is 22.7 Å². The van der Waals surface area contributed by atoms with Crippen LogP contribution in [0.1, 0.15) is 60.2 Å². The zero-order valence-electron chi connectivity index (χ0n) is 17.9. The summed E-state index contributed by atoms with van der Waals surface area (Å²) in [6.45, 7) is 6.22. The lowest BCUT2D eigenvalue weighted by molar-refractivity contribution is -0.119. The van der Waals surface area contributed by atoms with Crippen LogP contribution in [-0.4, -0.2) is 37.3 Å². The highest BCUT2D eigenvalue weighted by atomic mass is 32.2. The third kappa shape index (κ3) is 4.67. The predicted octanol–water partition coefficient (Wildman–Crippen LogP) is 4.18. The molecule has 0 unspecified atom stereocenters. The average Bonchev–Trinajstić information content (AvgIpc) is 3.15. The molecule has 1 saturated carbocycles. The van der Waals surface area contributed by atoms with Crippen LogP contribution in [0.3, 0.4) is 0 Å². The predicted molar refractivity (Wildman–Crippen MR) is 120 cm³/mol. The van der Waals surface area contributed by atoms with Gasteiger partial charge in [-0.15, -0.1) is 5.10 Å². The van der Waals surface area contributed by atoms with Crippen LogP contribution in [0.2, 0.25) is 0 Å². The number of hydrogen-bond donors (Lipinski definition) is 1. The number of carbonyl (C=O) groups is 1. The third-order valence-corrected chi connectivity index (χ3v) is 6.80. The summed E-state index contributed by atoms with van der Waals surface area (Å²) in [5.74, 6) is 0.988. The minimum atomic E-state index is 0.0619. The molecule has 0 bridgehead atoms. The zero-order chi connectivity index (χ0) is 21.1. The van der Waals surface area contributed by atoms with Crippen LogP contribution in [0.15, 0.2) is 29.4 Å². The summed E-state index contributed by atoms with van der Waals surface area (Å²) in [7, 11) is 0. The summed E-state index contributed by atoms with van der Waals surface area (Å²) in [6.07, 6.45) is 6.70. The fourth-order valence-electron chi connectivity index (χ4n) is 4.15. The molecule has 30 heavy (non-hydrogen) atoms. The van der Waals surface area contributed by atoms with Crippen LogP contribution in [0, 0.1) is 20.8 Å². The lowest BCUT2D eigenvalue weighted by Crippen LogP contribution is -2.37. The molecule has 3 aromatic rings. The van der Waals surface area contributed by atoms with Crippen molar-refractivity contribution in [2.24, 2.45) is 0 Å². The zero-order valence-corrected chi connectivity index (χ0v) is 18.8. The minimum Gasteiger partial charge on any atom is -0.353 e. The molecule has 1 amide bonds. The number of benzene rings is 1. The molecule has 158 valence electrons. The van der Waals surface area contributed by atoms with E-state index in [1.54, 1.807) is 0 Å². The number of nitrogens with zero attached hydrogens (tertiary/aromatic N) is 4. The number of thioether (sulfide) groups is 1. The first-order chi connectivity index (χ1) is 14.5. The van der Waals surface area contributed by atoms with Crippen molar-refractivity contribution >= 4 is 23.4 Å². The summed E-state index contributed by atoms with van der Waals surface area (Å²) in [5, 5.41) is 8.36. The van der Waals surface area contributed by atoms with Crippen molar-refractivity contribution in [2.75, 3.05) is 5.75 Å². The van der Waals surface area contributed by atoms with Crippen molar-refractivity contribution in [3.8, 4) is 0 Å². The maximum atomic E-state index is 12.3. The van der Waals surface area contributed by atoms with Crippen LogP contribution in [0.5, 0.6) is 0 Å². The quantitative estimate of drug-likeness (QED) is 0.602. The van der Waals surface area contributed by atoms with Crippen LogP contribution in [0.25, 0.3) is 5.78 Å². The van der Waals surface area contributed by atoms with E-state index in [1.165, 1.54) is 47.7 Å². The lowest BCUT2D eigenvalue weighted by atomic mass is 9.95. The molecular formula is C23H29N5OS. The van der Waals surface area contributed by atoms with Gasteiger partial charge in [-0.3, -0.25) is 4.79 Å². The molecule has 0 radical (unpaired) electrons. The Morgan fingerprint density at radius 2 is 1.90 bits per heavy atom. The van der Waals surface area contributed by atoms with E-state index in [9.17, 15) is 4.79 Å². The van der Waals surface area contributed by atoms with E-state index < -0.39 is 0 Å². The van der Waals surface area contributed by atoms with Crippen molar-refractivity contribution in [3.05, 3.63) is 52.3 Å². The fourth-order valence-corrected chi connectivity index (χ4v) is 4.78. The highest BCUT2D eigenvalue weighted by molar-refractivity contribution is 7.99. The molecule has 1 aliphatic rings. The SMILES string of the molecule is Cc1ccccc1Cc1c(C)nc2nc(SCC(=O)NC3CCCCC3)nn2c1C. The topological polar surface area (TPSA) is 72.2 Å². The second-order valence-electron chi connectivity index (χ2n) is 8.16. The molecule has 1 aromatic carbocycles. The Morgan fingerprint density at radius 3 is 2.67 bits per heavy atom.